The number of rotatable bonds is 8. The molecule has 4 rings (SSSR count). The molecule has 2 heterocycles. The molecule has 1 fully saturated rings. The highest BCUT2D eigenvalue weighted by molar-refractivity contribution is 6.03. The van der Waals surface area contributed by atoms with E-state index in [1.165, 1.54) is 0 Å². The minimum atomic E-state index is -0.710. The first-order valence-electron chi connectivity index (χ1n) is 11.5. The zero-order chi connectivity index (χ0) is 24.2. The summed E-state index contributed by atoms with van der Waals surface area (Å²) in [6.07, 6.45) is 1.11. The van der Waals surface area contributed by atoms with Gasteiger partial charge in [-0.05, 0) is 67.1 Å². The normalized spacial score (nSPS) is 14.3. The van der Waals surface area contributed by atoms with E-state index in [9.17, 15) is 14.3 Å². The largest absolute Gasteiger partial charge is 0.507 e. The Kier molecular flexibility index (Phi) is 6.90. The van der Waals surface area contributed by atoms with Gasteiger partial charge in [-0.25, -0.2) is 4.39 Å². The van der Waals surface area contributed by atoms with E-state index in [1.54, 1.807) is 0 Å². The van der Waals surface area contributed by atoms with Crippen molar-refractivity contribution in [1.82, 2.24) is 10.2 Å². The van der Waals surface area contributed by atoms with Gasteiger partial charge in [0.2, 0.25) is 0 Å². The van der Waals surface area contributed by atoms with Gasteiger partial charge in [0.25, 0.3) is 5.91 Å². The fourth-order valence-corrected chi connectivity index (χ4v) is 4.29. The van der Waals surface area contributed by atoms with Gasteiger partial charge in [-0.2, -0.15) is 5.10 Å². The van der Waals surface area contributed by atoms with Crippen LogP contribution < -0.4 is 21.3 Å². The number of hydrogen-bond donors (Lipinski definition) is 5. The molecule has 180 valence electrons. The number of aryl methyl sites for hydroxylation is 2. The number of aromatic nitrogens is 2. The first-order chi connectivity index (χ1) is 16.4. The highest BCUT2D eigenvalue weighted by atomic mass is 19.1. The number of nitrogens with one attached hydrogen (secondary N) is 3. The Balaban J connectivity index is 1.46. The molecule has 1 aromatic heterocycles. The number of carbonyl (C=O) groups excluding carboxylic acids is 1. The van der Waals surface area contributed by atoms with Crippen LogP contribution in [0.1, 0.15) is 46.8 Å². The molecule has 8 nitrogen and oxygen atoms in total. The van der Waals surface area contributed by atoms with E-state index in [0.29, 0.717) is 49.9 Å². The Morgan fingerprint density at radius 3 is 2.62 bits per heavy atom. The summed E-state index contributed by atoms with van der Waals surface area (Å²) in [5, 5.41) is 23.6. The highest BCUT2D eigenvalue weighted by Crippen LogP contribution is 2.29. The Bertz CT molecular complexity index is 1150. The third-order valence-electron chi connectivity index (χ3n) is 6.22. The molecule has 0 spiro atoms. The molecule has 0 aliphatic carbocycles. The highest BCUT2D eigenvalue weighted by Gasteiger charge is 2.20. The Morgan fingerprint density at radius 1 is 1.26 bits per heavy atom. The second-order valence-electron chi connectivity index (χ2n) is 8.65. The van der Waals surface area contributed by atoms with Crippen molar-refractivity contribution < 1.29 is 14.3 Å². The number of piperidine rings is 1. The van der Waals surface area contributed by atoms with Crippen LogP contribution in [0.4, 0.5) is 27.4 Å². The minimum absolute atomic E-state index is 0.236. The predicted octanol–water partition coefficient (Wildman–Crippen LogP) is 4.38. The monoisotopic (exact) mass is 466 g/mol. The Morgan fingerprint density at radius 2 is 1.97 bits per heavy atom. The summed E-state index contributed by atoms with van der Waals surface area (Å²) in [5.41, 5.74) is 10.3. The molecule has 3 aromatic rings. The molecule has 0 radical (unpaired) electrons. The van der Waals surface area contributed by atoms with E-state index in [2.05, 4.69) is 25.7 Å². The van der Waals surface area contributed by atoms with E-state index >= 15 is 0 Å². The van der Waals surface area contributed by atoms with Crippen LogP contribution in [-0.2, 0) is 13.0 Å². The number of nitrogens with two attached hydrogens (primary N) is 1. The molecule has 1 saturated heterocycles. The van der Waals surface area contributed by atoms with Crippen LogP contribution in [0.2, 0.25) is 0 Å². The van der Waals surface area contributed by atoms with Crippen molar-refractivity contribution in [3.63, 3.8) is 0 Å². The summed E-state index contributed by atoms with van der Waals surface area (Å²) in [7, 11) is 0. The van der Waals surface area contributed by atoms with Crippen molar-refractivity contribution in [1.29, 1.82) is 0 Å². The number of aromatic hydroxyl groups is 1. The summed E-state index contributed by atoms with van der Waals surface area (Å²) in [4.78, 5) is 14.4. The van der Waals surface area contributed by atoms with Crippen molar-refractivity contribution in [3.8, 4) is 5.75 Å². The molecule has 6 N–H and O–H groups in total. The van der Waals surface area contributed by atoms with E-state index < -0.39 is 12.1 Å². The zero-order valence-electron chi connectivity index (χ0n) is 19.5. The number of benzene rings is 2. The number of nitrogens with zero attached hydrogens (tertiary/aromatic N) is 2. The lowest BCUT2D eigenvalue weighted by Gasteiger charge is -2.30. The number of phenolic OH excluding ortho intramolecular Hbond substituents is 1. The topological polar surface area (TPSA) is 119 Å². The maximum absolute atomic E-state index is 13.4. The van der Waals surface area contributed by atoms with Crippen LogP contribution in [0.3, 0.4) is 0 Å². The second kappa shape index (κ2) is 10.0. The first-order valence-corrected chi connectivity index (χ1v) is 11.5. The van der Waals surface area contributed by atoms with E-state index in [0.717, 1.165) is 34.5 Å². The van der Waals surface area contributed by atoms with Crippen LogP contribution in [0, 0.1) is 6.92 Å². The number of aromatic amines is 1. The van der Waals surface area contributed by atoms with Gasteiger partial charge in [0.15, 0.2) is 5.82 Å². The van der Waals surface area contributed by atoms with Gasteiger partial charge in [-0.15, -0.1) is 0 Å². The maximum atomic E-state index is 13.4. The Labute approximate surface area is 198 Å². The quantitative estimate of drug-likeness (QED) is 0.336. The van der Waals surface area contributed by atoms with Crippen molar-refractivity contribution >= 4 is 28.9 Å². The third kappa shape index (κ3) is 5.08. The number of carbonyl (C=O) groups is 1. The van der Waals surface area contributed by atoms with Crippen molar-refractivity contribution in [2.75, 3.05) is 28.6 Å². The second-order valence-corrected chi connectivity index (χ2v) is 8.65. The molecular weight excluding hydrogens is 435 g/mol. The first kappa shape index (κ1) is 23.4. The summed E-state index contributed by atoms with van der Waals surface area (Å²) >= 11 is 0. The molecule has 0 unspecified atom stereocenters. The van der Waals surface area contributed by atoms with Crippen molar-refractivity contribution in [2.24, 2.45) is 5.73 Å². The number of halogens is 1. The van der Waals surface area contributed by atoms with Crippen LogP contribution in [0.15, 0.2) is 36.4 Å². The van der Waals surface area contributed by atoms with Gasteiger partial charge in [0, 0.05) is 31.0 Å². The summed E-state index contributed by atoms with van der Waals surface area (Å²) < 4.78 is 13.4. The van der Waals surface area contributed by atoms with Crippen LogP contribution in [-0.4, -0.2) is 40.5 Å². The molecule has 1 amide bonds. The van der Waals surface area contributed by atoms with Crippen molar-refractivity contribution in [3.05, 3.63) is 58.7 Å². The lowest BCUT2D eigenvalue weighted by atomic mass is 10.0. The smallest absolute Gasteiger partial charge is 0.256 e. The molecule has 9 heteroatoms. The fraction of sp³-hybridized carbons (Fsp3) is 0.360. The van der Waals surface area contributed by atoms with Crippen molar-refractivity contribution in [2.45, 2.75) is 45.8 Å². The van der Waals surface area contributed by atoms with Gasteiger partial charge >= 0.3 is 0 Å². The van der Waals surface area contributed by atoms with Crippen LogP contribution >= 0.6 is 0 Å². The fourth-order valence-electron chi connectivity index (χ4n) is 4.29. The predicted molar refractivity (Wildman–Crippen MR) is 133 cm³/mol. The molecule has 1 aliphatic rings. The molecule has 1 aliphatic heterocycles. The van der Waals surface area contributed by atoms with Gasteiger partial charge < -0.3 is 26.4 Å². The number of amides is 1. The molecule has 0 atom stereocenters. The summed E-state index contributed by atoms with van der Waals surface area (Å²) in [6, 6.07) is 11.6. The molecule has 2 aromatic carbocycles. The lowest BCUT2D eigenvalue weighted by Crippen LogP contribution is -2.34. The maximum Gasteiger partial charge on any atom is 0.256 e. The van der Waals surface area contributed by atoms with Crippen LogP contribution in [0.25, 0.3) is 0 Å². The average Bonchev–Trinajstić information content (AvgIpc) is 3.23. The summed E-state index contributed by atoms with van der Waals surface area (Å²) in [6.45, 7) is 5.69. The SMILES string of the molecule is CCc1cc(CNc2[nH]nc(Nc3ccc(N4CCC(F)CC4)cc3)c2C(N)=O)cc(C)c1O. The van der Waals surface area contributed by atoms with E-state index in [-0.39, 0.29) is 5.56 Å². The van der Waals surface area contributed by atoms with E-state index in [4.69, 9.17) is 5.73 Å². The van der Waals surface area contributed by atoms with Crippen LogP contribution in [0.5, 0.6) is 5.75 Å². The number of phenols is 1. The van der Waals surface area contributed by atoms with Gasteiger partial charge in [-0.1, -0.05) is 19.1 Å². The lowest BCUT2D eigenvalue weighted by molar-refractivity contribution is 0.100. The number of anilines is 4. The minimum Gasteiger partial charge on any atom is -0.507 e. The molecule has 0 saturated carbocycles. The number of alkyl halides is 1. The molecule has 0 bridgehead atoms. The number of primary amides is 1. The van der Waals surface area contributed by atoms with E-state index in [1.807, 2.05) is 50.2 Å². The standard InChI is InChI=1S/C25H31FN6O2/c1-3-17-13-16(12-15(2)22(17)33)14-28-24-21(23(27)34)25(31-30-24)29-19-4-6-20(7-5-19)32-10-8-18(26)9-11-32/h4-7,12-13,18,33H,3,8-11,14H2,1-2H3,(H2,27,34)(H3,28,29,30,31). The molecule has 34 heavy (non-hydrogen) atoms. The summed E-state index contributed by atoms with van der Waals surface area (Å²) in [5.74, 6) is 0.456. The average molecular weight is 467 g/mol. The zero-order valence-corrected chi connectivity index (χ0v) is 19.5. The van der Waals surface area contributed by atoms with Gasteiger partial charge in [0.1, 0.15) is 23.3 Å². The Hall–Kier alpha value is -3.75. The van der Waals surface area contributed by atoms with Gasteiger partial charge in [0.05, 0.1) is 0 Å². The molecular formula is C25H31FN6O2. The number of hydrogen-bond acceptors (Lipinski definition) is 6. The van der Waals surface area contributed by atoms with Gasteiger partial charge in [-0.3, -0.25) is 9.89 Å². The third-order valence-corrected chi connectivity index (χ3v) is 6.22. The number of H-pyrrole nitrogens is 1.